The quantitative estimate of drug-likeness (QED) is 0.808. The lowest BCUT2D eigenvalue weighted by Gasteiger charge is -2.37. The first-order chi connectivity index (χ1) is 14.1. The van der Waals surface area contributed by atoms with Gasteiger partial charge >= 0.3 is 0 Å². The Kier molecular flexibility index (Phi) is 5.97. The van der Waals surface area contributed by atoms with Gasteiger partial charge in [0.05, 0.1) is 6.04 Å². The Balaban J connectivity index is 1.23. The number of halogens is 1. The monoisotopic (exact) mass is 399 g/mol. The summed E-state index contributed by atoms with van der Waals surface area (Å²) in [6.07, 6.45) is 0. The number of rotatable bonds is 6. The lowest BCUT2D eigenvalue weighted by Crippen LogP contribution is -2.53. The Bertz CT molecular complexity index is 851. The van der Waals surface area contributed by atoms with E-state index in [1.165, 1.54) is 17.7 Å². The van der Waals surface area contributed by atoms with Crippen LogP contribution >= 0.6 is 0 Å². The minimum atomic E-state index is -0.271. The smallest absolute Gasteiger partial charge is 0.237 e. The van der Waals surface area contributed by atoms with Gasteiger partial charge in [-0.25, -0.2) is 4.39 Å². The van der Waals surface area contributed by atoms with Crippen molar-refractivity contribution in [3.8, 4) is 11.5 Å². The third-order valence-corrected chi connectivity index (χ3v) is 5.56. The van der Waals surface area contributed by atoms with Gasteiger partial charge in [0.2, 0.25) is 12.7 Å². The Hall–Kier alpha value is -2.64. The van der Waals surface area contributed by atoms with E-state index < -0.39 is 0 Å². The molecule has 2 heterocycles. The van der Waals surface area contributed by atoms with Gasteiger partial charge in [-0.15, -0.1) is 0 Å². The van der Waals surface area contributed by atoms with Crippen molar-refractivity contribution in [2.45, 2.75) is 26.1 Å². The molecule has 0 spiro atoms. The van der Waals surface area contributed by atoms with Gasteiger partial charge in [0.1, 0.15) is 5.82 Å². The molecule has 2 aromatic rings. The minimum Gasteiger partial charge on any atom is -0.454 e. The van der Waals surface area contributed by atoms with Crippen molar-refractivity contribution in [3.63, 3.8) is 0 Å². The van der Waals surface area contributed by atoms with Crippen molar-refractivity contribution in [1.29, 1.82) is 0 Å². The maximum Gasteiger partial charge on any atom is 0.237 e. The summed E-state index contributed by atoms with van der Waals surface area (Å²) in [7, 11) is 0. The first-order valence-electron chi connectivity index (χ1n) is 9.95. The summed E-state index contributed by atoms with van der Waals surface area (Å²) in [4.78, 5) is 17.1. The van der Waals surface area contributed by atoms with E-state index in [1.54, 1.807) is 12.1 Å². The van der Waals surface area contributed by atoms with Crippen LogP contribution in [0.5, 0.6) is 11.5 Å². The molecule has 29 heavy (non-hydrogen) atoms. The molecule has 1 N–H and O–H groups in total. The number of ether oxygens (including phenoxy) is 2. The van der Waals surface area contributed by atoms with Crippen LogP contribution in [0.25, 0.3) is 0 Å². The normalized spacial score (nSPS) is 17.9. The van der Waals surface area contributed by atoms with Gasteiger partial charge in [0.25, 0.3) is 0 Å². The fourth-order valence-corrected chi connectivity index (χ4v) is 3.71. The maximum atomic E-state index is 13.0. The Morgan fingerprint density at radius 3 is 2.48 bits per heavy atom. The summed E-state index contributed by atoms with van der Waals surface area (Å²) >= 11 is 0. The van der Waals surface area contributed by atoms with Crippen LogP contribution in [0.15, 0.2) is 42.5 Å². The summed E-state index contributed by atoms with van der Waals surface area (Å²) < 4.78 is 23.8. The summed E-state index contributed by atoms with van der Waals surface area (Å²) in [5.41, 5.74) is 2.09. The van der Waals surface area contributed by atoms with Crippen LogP contribution in [0.3, 0.4) is 0 Å². The first kappa shape index (κ1) is 19.7. The fraction of sp³-hybridized carbons (Fsp3) is 0.409. The van der Waals surface area contributed by atoms with E-state index in [4.69, 9.17) is 9.47 Å². The minimum absolute atomic E-state index is 0.00135. The summed E-state index contributed by atoms with van der Waals surface area (Å²) in [5.74, 6) is 1.34. The predicted molar refractivity (Wildman–Crippen MR) is 107 cm³/mol. The van der Waals surface area contributed by atoms with Crippen molar-refractivity contribution in [3.05, 3.63) is 59.4 Å². The number of carbonyl (C=O) groups is 1. The Morgan fingerprint density at radius 1 is 1.03 bits per heavy atom. The first-order valence-corrected chi connectivity index (χ1v) is 9.95. The topological polar surface area (TPSA) is 54.0 Å². The summed E-state index contributed by atoms with van der Waals surface area (Å²) in [6, 6.07) is 12.1. The molecule has 0 unspecified atom stereocenters. The van der Waals surface area contributed by atoms with E-state index in [-0.39, 0.29) is 17.8 Å². The summed E-state index contributed by atoms with van der Waals surface area (Å²) in [5, 5.41) is 2.95. The highest BCUT2D eigenvalue weighted by atomic mass is 19.1. The van der Waals surface area contributed by atoms with E-state index in [2.05, 4.69) is 21.2 Å². The predicted octanol–water partition coefficient (Wildman–Crippen LogP) is 2.38. The van der Waals surface area contributed by atoms with Crippen molar-refractivity contribution >= 4 is 5.91 Å². The molecular formula is C22H26FN3O3. The van der Waals surface area contributed by atoms with Crippen LogP contribution < -0.4 is 14.8 Å². The third-order valence-electron chi connectivity index (χ3n) is 5.56. The van der Waals surface area contributed by atoms with Gasteiger partial charge in [-0.1, -0.05) is 18.2 Å². The molecule has 6 nitrogen and oxygen atoms in total. The molecule has 1 amide bonds. The van der Waals surface area contributed by atoms with Gasteiger partial charge in [0, 0.05) is 39.3 Å². The molecule has 4 rings (SSSR count). The SMILES string of the molecule is C[C@@H](C(=O)NCc1ccc(F)cc1)N1CCN(Cc2ccc3c(c2)OCO3)CC1. The van der Waals surface area contributed by atoms with Gasteiger partial charge in [-0.3, -0.25) is 14.6 Å². The highest BCUT2D eigenvalue weighted by Gasteiger charge is 2.25. The number of nitrogens with zero attached hydrogens (tertiary/aromatic N) is 2. The molecule has 0 bridgehead atoms. The average Bonchev–Trinajstić information content (AvgIpc) is 3.21. The highest BCUT2D eigenvalue weighted by Crippen LogP contribution is 2.32. The number of hydrogen-bond donors (Lipinski definition) is 1. The van der Waals surface area contributed by atoms with Crippen LogP contribution in [0.1, 0.15) is 18.1 Å². The van der Waals surface area contributed by atoms with E-state index in [1.807, 2.05) is 19.1 Å². The van der Waals surface area contributed by atoms with Gasteiger partial charge in [-0.2, -0.15) is 0 Å². The molecule has 0 aliphatic carbocycles. The lowest BCUT2D eigenvalue weighted by molar-refractivity contribution is -0.126. The second kappa shape index (κ2) is 8.80. The second-order valence-electron chi connectivity index (χ2n) is 7.52. The zero-order valence-electron chi connectivity index (χ0n) is 16.6. The molecule has 0 radical (unpaired) electrons. The van der Waals surface area contributed by atoms with Gasteiger partial charge in [-0.05, 0) is 42.3 Å². The Labute approximate surface area is 170 Å². The average molecular weight is 399 g/mol. The van der Waals surface area contributed by atoms with Crippen molar-refractivity contribution in [2.75, 3.05) is 33.0 Å². The zero-order chi connectivity index (χ0) is 20.2. The molecule has 2 aromatic carbocycles. The highest BCUT2D eigenvalue weighted by molar-refractivity contribution is 5.81. The van der Waals surface area contributed by atoms with E-state index in [0.717, 1.165) is 49.8 Å². The maximum absolute atomic E-state index is 13.0. The number of amides is 1. The second-order valence-corrected chi connectivity index (χ2v) is 7.52. The van der Waals surface area contributed by atoms with Crippen molar-refractivity contribution < 1.29 is 18.7 Å². The lowest BCUT2D eigenvalue weighted by atomic mass is 10.1. The van der Waals surface area contributed by atoms with Crippen LogP contribution in [0, 0.1) is 5.82 Å². The molecule has 1 fully saturated rings. The van der Waals surface area contributed by atoms with Crippen molar-refractivity contribution in [2.24, 2.45) is 0 Å². The summed E-state index contributed by atoms with van der Waals surface area (Å²) in [6.45, 7) is 6.99. The molecule has 7 heteroatoms. The van der Waals surface area contributed by atoms with Crippen LogP contribution in [0.2, 0.25) is 0 Å². The molecule has 1 atom stereocenters. The third kappa shape index (κ3) is 4.86. The fourth-order valence-electron chi connectivity index (χ4n) is 3.71. The number of benzene rings is 2. The molecule has 154 valence electrons. The van der Waals surface area contributed by atoms with Crippen molar-refractivity contribution in [1.82, 2.24) is 15.1 Å². The van der Waals surface area contributed by atoms with E-state index >= 15 is 0 Å². The van der Waals surface area contributed by atoms with E-state index in [0.29, 0.717) is 13.3 Å². The zero-order valence-corrected chi connectivity index (χ0v) is 16.6. The van der Waals surface area contributed by atoms with Crippen LogP contribution in [-0.4, -0.2) is 54.7 Å². The number of carbonyl (C=O) groups excluding carboxylic acids is 1. The number of fused-ring (bicyclic) bond motifs is 1. The molecule has 2 aliphatic heterocycles. The number of piperazine rings is 1. The van der Waals surface area contributed by atoms with Crippen LogP contribution in [0.4, 0.5) is 4.39 Å². The molecule has 2 aliphatic rings. The van der Waals surface area contributed by atoms with Crippen LogP contribution in [-0.2, 0) is 17.9 Å². The molecule has 0 aromatic heterocycles. The molecule has 0 saturated carbocycles. The number of hydrogen-bond acceptors (Lipinski definition) is 5. The van der Waals surface area contributed by atoms with E-state index in [9.17, 15) is 9.18 Å². The molecular weight excluding hydrogens is 373 g/mol. The number of nitrogens with one attached hydrogen (secondary N) is 1. The van der Waals surface area contributed by atoms with Gasteiger partial charge < -0.3 is 14.8 Å². The largest absolute Gasteiger partial charge is 0.454 e. The Morgan fingerprint density at radius 2 is 1.72 bits per heavy atom. The standard InChI is InChI=1S/C22H26FN3O3/c1-16(22(27)24-13-17-2-5-19(23)6-3-17)26-10-8-25(9-11-26)14-18-4-7-20-21(12-18)29-15-28-20/h2-7,12,16H,8-11,13-15H2,1H3,(H,24,27)/t16-/m0/s1. The van der Waals surface area contributed by atoms with Gasteiger partial charge in [0.15, 0.2) is 11.5 Å². The molecule has 1 saturated heterocycles.